The average molecular weight is 287 g/mol. The summed E-state index contributed by atoms with van der Waals surface area (Å²) in [6, 6.07) is 8.31. The molecule has 0 saturated carbocycles. The number of hydrogen-bond donors (Lipinski definition) is 1. The van der Waals surface area contributed by atoms with Crippen molar-refractivity contribution in [3.05, 3.63) is 24.3 Å². The minimum Gasteiger partial charge on any atom is -0.372 e. The Labute approximate surface area is 127 Å². The Kier molecular flexibility index (Phi) is 4.63. The van der Waals surface area contributed by atoms with Crippen LogP contribution < -0.4 is 10.2 Å². The van der Waals surface area contributed by atoms with Crippen LogP contribution in [0, 0.1) is 0 Å². The van der Waals surface area contributed by atoms with E-state index in [2.05, 4.69) is 22.3 Å². The summed E-state index contributed by atoms with van der Waals surface area (Å²) >= 11 is 0. The molecular formula is C17H25N3O. The lowest BCUT2D eigenvalue weighted by atomic mass is 10.2. The van der Waals surface area contributed by atoms with Gasteiger partial charge in [-0.25, -0.2) is 4.79 Å². The maximum Gasteiger partial charge on any atom is 0.321 e. The number of carbonyl (C=O) groups excluding carboxylic acids is 1. The highest BCUT2D eigenvalue weighted by atomic mass is 16.2. The Morgan fingerprint density at radius 2 is 1.38 bits per heavy atom. The molecule has 1 N–H and O–H groups in total. The first kappa shape index (κ1) is 14.2. The van der Waals surface area contributed by atoms with Crippen LogP contribution in [0.25, 0.3) is 0 Å². The van der Waals surface area contributed by atoms with E-state index in [1.165, 1.54) is 31.4 Å². The van der Waals surface area contributed by atoms with Crippen molar-refractivity contribution in [3.63, 3.8) is 0 Å². The summed E-state index contributed by atoms with van der Waals surface area (Å²) in [6.45, 7) is 4.08. The number of nitrogens with zero attached hydrogens (tertiary/aromatic N) is 2. The third kappa shape index (κ3) is 3.69. The van der Waals surface area contributed by atoms with Crippen molar-refractivity contribution in [2.45, 2.75) is 38.5 Å². The minimum absolute atomic E-state index is 0.0471. The number of likely N-dealkylation sites (tertiary alicyclic amines) is 1. The third-order valence-electron chi connectivity index (χ3n) is 4.48. The van der Waals surface area contributed by atoms with Gasteiger partial charge in [0.25, 0.3) is 0 Å². The van der Waals surface area contributed by atoms with Gasteiger partial charge in [0.1, 0.15) is 0 Å². The monoisotopic (exact) mass is 287 g/mol. The molecule has 0 radical (unpaired) electrons. The summed E-state index contributed by atoms with van der Waals surface area (Å²) < 4.78 is 0. The second-order valence-corrected chi connectivity index (χ2v) is 6.07. The van der Waals surface area contributed by atoms with Gasteiger partial charge >= 0.3 is 6.03 Å². The zero-order valence-electron chi connectivity index (χ0n) is 12.7. The molecule has 2 aliphatic rings. The lowest BCUT2D eigenvalue weighted by Gasteiger charge is -2.21. The minimum atomic E-state index is 0.0471. The van der Waals surface area contributed by atoms with Gasteiger partial charge in [0, 0.05) is 37.6 Å². The van der Waals surface area contributed by atoms with Gasteiger partial charge in [-0.1, -0.05) is 12.8 Å². The molecule has 0 aliphatic carbocycles. The van der Waals surface area contributed by atoms with Gasteiger partial charge in [0.15, 0.2) is 0 Å². The molecule has 2 aliphatic heterocycles. The van der Waals surface area contributed by atoms with Crippen LogP contribution in [0.2, 0.25) is 0 Å². The van der Waals surface area contributed by atoms with Gasteiger partial charge in [0.05, 0.1) is 0 Å². The lowest BCUT2D eigenvalue weighted by Crippen LogP contribution is -2.35. The Balaban J connectivity index is 1.57. The van der Waals surface area contributed by atoms with Gasteiger partial charge in [-0.05, 0) is 49.9 Å². The van der Waals surface area contributed by atoms with E-state index in [4.69, 9.17) is 0 Å². The highest BCUT2D eigenvalue weighted by Gasteiger charge is 2.16. The van der Waals surface area contributed by atoms with Crippen LogP contribution in [0.4, 0.5) is 16.2 Å². The zero-order chi connectivity index (χ0) is 14.5. The molecule has 0 unspecified atom stereocenters. The van der Waals surface area contributed by atoms with Crippen LogP contribution >= 0.6 is 0 Å². The second-order valence-electron chi connectivity index (χ2n) is 6.07. The number of carbonyl (C=O) groups is 1. The molecule has 21 heavy (non-hydrogen) atoms. The predicted octanol–water partition coefficient (Wildman–Crippen LogP) is 3.69. The zero-order valence-corrected chi connectivity index (χ0v) is 12.7. The number of anilines is 2. The maximum absolute atomic E-state index is 12.3. The van der Waals surface area contributed by atoms with E-state index in [0.29, 0.717) is 0 Å². The molecule has 0 spiro atoms. The largest absolute Gasteiger partial charge is 0.372 e. The average Bonchev–Trinajstić information content (AvgIpc) is 2.90. The van der Waals surface area contributed by atoms with Crippen molar-refractivity contribution in [3.8, 4) is 0 Å². The number of nitrogens with one attached hydrogen (secondary N) is 1. The van der Waals surface area contributed by atoms with Crippen LogP contribution in [0.15, 0.2) is 24.3 Å². The summed E-state index contributed by atoms with van der Waals surface area (Å²) in [7, 11) is 0. The first-order valence-corrected chi connectivity index (χ1v) is 8.24. The quantitative estimate of drug-likeness (QED) is 0.900. The topological polar surface area (TPSA) is 35.6 Å². The van der Waals surface area contributed by atoms with Gasteiger partial charge in [0.2, 0.25) is 0 Å². The van der Waals surface area contributed by atoms with Crippen molar-refractivity contribution in [1.82, 2.24) is 4.90 Å². The molecule has 0 aromatic heterocycles. The number of amides is 2. The summed E-state index contributed by atoms with van der Waals surface area (Å²) in [5.41, 5.74) is 2.16. The lowest BCUT2D eigenvalue weighted by molar-refractivity contribution is 0.214. The van der Waals surface area contributed by atoms with Crippen LogP contribution in [0.3, 0.4) is 0 Å². The fourth-order valence-electron chi connectivity index (χ4n) is 3.21. The Morgan fingerprint density at radius 3 is 2.00 bits per heavy atom. The molecule has 0 atom stereocenters. The third-order valence-corrected chi connectivity index (χ3v) is 4.48. The highest BCUT2D eigenvalue weighted by molar-refractivity contribution is 5.89. The van der Waals surface area contributed by atoms with Crippen molar-refractivity contribution < 1.29 is 4.79 Å². The number of rotatable bonds is 2. The van der Waals surface area contributed by atoms with E-state index in [1.807, 2.05) is 17.0 Å². The molecule has 1 aromatic carbocycles. The Morgan fingerprint density at radius 1 is 0.810 bits per heavy atom. The number of urea groups is 1. The summed E-state index contributed by atoms with van der Waals surface area (Å²) in [5.74, 6) is 0. The van der Waals surface area contributed by atoms with Crippen LogP contribution in [0.1, 0.15) is 38.5 Å². The van der Waals surface area contributed by atoms with Crippen molar-refractivity contribution >= 4 is 17.4 Å². The molecule has 2 amide bonds. The molecule has 2 saturated heterocycles. The normalized spacial score (nSPS) is 19.4. The van der Waals surface area contributed by atoms with Gasteiger partial charge in [-0.3, -0.25) is 0 Å². The first-order chi connectivity index (χ1) is 10.3. The molecule has 4 heteroatoms. The first-order valence-electron chi connectivity index (χ1n) is 8.24. The molecule has 114 valence electrons. The van der Waals surface area contributed by atoms with E-state index < -0.39 is 0 Å². The highest BCUT2D eigenvalue weighted by Crippen LogP contribution is 2.22. The predicted molar refractivity (Wildman–Crippen MR) is 86.9 cm³/mol. The number of benzene rings is 1. The van der Waals surface area contributed by atoms with E-state index in [1.54, 1.807) is 0 Å². The molecule has 1 aromatic rings. The van der Waals surface area contributed by atoms with Crippen molar-refractivity contribution in [1.29, 1.82) is 0 Å². The van der Waals surface area contributed by atoms with Crippen LogP contribution in [0.5, 0.6) is 0 Å². The van der Waals surface area contributed by atoms with Crippen LogP contribution in [-0.2, 0) is 0 Å². The Bertz CT molecular complexity index is 457. The van der Waals surface area contributed by atoms with Gasteiger partial charge in [-0.15, -0.1) is 0 Å². The molecule has 2 fully saturated rings. The molecule has 3 rings (SSSR count). The van der Waals surface area contributed by atoms with Crippen molar-refractivity contribution in [2.75, 3.05) is 36.4 Å². The Hall–Kier alpha value is -1.71. The molecule has 4 nitrogen and oxygen atoms in total. The molecular weight excluding hydrogens is 262 g/mol. The summed E-state index contributed by atoms with van der Waals surface area (Å²) in [4.78, 5) is 16.6. The van der Waals surface area contributed by atoms with Crippen molar-refractivity contribution in [2.24, 2.45) is 0 Å². The fourth-order valence-corrected chi connectivity index (χ4v) is 3.21. The van der Waals surface area contributed by atoms with Gasteiger partial charge < -0.3 is 15.1 Å². The standard InChI is InChI=1S/C17H25N3O/c21-17(20-13-3-1-2-4-14-20)18-15-7-9-16(10-8-15)19-11-5-6-12-19/h7-10H,1-6,11-14H2,(H,18,21). The number of hydrogen-bond acceptors (Lipinski definition) is 2. The SMILES string of the molecule is O=C(Nc1ccc(N2CCCC2)cc1)N1CCCCCC1. The smallest absolute Gasteiger partial charge is 0.321 e. The van der Waals surface area contributed by atoms with E-state index in [0.717, 1.165) is 44.7 Å². The molecule has 2 heterocycles. The maximum atomic E-state index is 12.3. The van der Waals surface area contributed by atoms with E-state index in [-0.39, 0.29) is 6.03 Å². The van der Waals surface area contributed by atoms with E-state index >= 15 is 0 Å². The van der Waals surface area contributed by atoms with E-state index in [9.17, 15) is 4.79 Å². The summed E-state index contributed by atoms with van der Waals surface area (Å²) in [5, 5.41) is 3.03. The van der Waals surface area contributed by atoms with Gasteiger partial charge in [-0.2, -0.15) is 0 Å². The molecule has 0 bridgehead atoms. The summed E-state index contributed by atoms with van der Waals surface area (Å²) in [6.07, 6.45) is 7.31. The second kappa shape index (κ2) is 6.83. The fraction of sp³-hybridized carbons (Fsp3) is 0.588. The van der Waals surface area contributed by atoms with Crippen LogP contribution in [-0.4, -0.2) is 37.1 Å².